The lowest BCUT2D eigenvalue weighted by atomic mass is 10.1. The number of nitrogens with zero attached hydrogens (tertiary/aromatic N) is 3. The van der Waals surface area contributed by atoms with Gasteiger partial charge in [-0.15, -0.1) is 0 Å². The maximum absolute atomic E-state index is 13.5. The van der Waals surface area contributed by atoms with Crippen LogP contribution in [0.4, 0.5) is 14.5 Å². The molecule has 158 valence electrons. The van der Waals surface area contributed by atoms with Crippen LogP contribution in [0, 0.1) is 11.6 Å². The van der Waals surface area contributed by atoms with E-state index in [-0.39, 0.29) is 5.43 Å². The van der Waals surface area contributed by atoms with E-state index in [1.54, 1.807) is 23.1 Å². The van der Waals surface area contributed by atoms with Crippen molar-refractivity contribution in [3.63, 3.8) is 0 Å². The van der Waals surface area contributed by atoms with Crippen LogP contribution in [-0.2, 0) is 13.6 Å². The molecule has 0 bridgehead atoms. The van der Waals surface area contributed by atoms with Gasteiger partial charge in [-0.05, 0) is 47.3 Å². The SMILES string of the molecule is Cn1cc(-c2cnc3ccc4ccc(NCc5ccc(F)c(F)c5)cc4c(=O)c3c2)cn1. The van der Waals surface area contributed by atoms with E-state index in [2.05, 4.69) is 15.4 Å². The summed E-state index contributed by atoms with van der Waals surface area (Å²) in [5.74, 6) is -1.77. The van der Waals surface area contributed by atoms with Gasteiger partial charge in [-0.2, -0.15) is 5.10 Å². The maximum Gasteiger partial charge on any atom is 0.195 e. The van der Waals surface area contributed by atoms with Gasteiger partial charge >= 0.3 is 0 Å². The van der Waals surface area contributed by atoms with Crippen molar-refractivity contribution < 1.29 is 8.78 Å². The summed E-state index contributed by atoms with van der Waals surface area (Å²) in [4.78, 5) is 17.9. The zero-order valence-electron chi connectivity index (χ0n) is 17.1. The normalized spacial score (nSPS) is 11.2. The third-order valence-electron chi connectivity index (χ3n) is 5.40. The lowest BCUT2D eigenvalue weighted by molar-refractivity contribution is 0.507. The number of anilines is 1. The molecule has 0 aliphatic heterocycles. The maximum atomic E-state index is 13.5. The third-order valence-corrected chi connectivity index (χ3v) is 5.40. The molecule has 0 fully saturated rings. The number of halogens is 2. The average Bonchev–Trinajstić information content (AvgIpc) is 3.18. The van der Waals surface area contributed by atoms with Gasteiger partial charge < -0.3 is 5.32 Å². The van der Waals surface area contributed by atoms with Gasteiger partial charge in [0.2, 0.25) is 0 Å². The van der Waals surface area contributed by atoms with Crippen molar-refractivity contribution in [1.29, 1.82) is 0 Å². The van der Waals surface area contributed by atoms with Crippen LogP contribution in [0.2, 0.25) is 0 Å². The Morgan fingerprint density at radius 3 is 2.53 bits per heavy atom. The average molecular weight is 428 g/mol. The quantitative estimate of drug-likeness (QED) is 0.436. The van der Waals surface area contributed by atoms with E-state index >= 15 is 0 Å². The summed E-state index contributed by atoms with van der Waals surface area (Å²) in [5, 5.41) is 9.20. The van der Waals surface area contributed by atoms with E-state index < -0.39 is 11.6 Å². The van der Waals surface area contributed by atoms with Crippen LogP contribution in [0.5, 0.6) is 0 Å². The fourth-order valence-electron chi connectivity index (χ4n) is 3.69. The third kappa shape index (κ3) is 3.69. The first-order valence-electron chi connectivity index (χ1n) is 10.0. The van der Waals surface area contributed by atoms with Crippen molar-refractivity contribution in [2.24, 2.45) is 7.05 Å². The number of hydrogen-bond donors (Lipinski definition) is 1. The minimum atomic E-state index is -0.889. The summed E-state index contributed by atoms with van der Waals surface area (Å²) < 4.78 is 28.3. The smallest absolute Gasteiger partial charge is 0.195 e. The fourth-order valence-corrected chi connectivity index (χ4v) is 3.69. The van der Waals surface area contributed by atoms with Crippen LogP contribution in [0.1, 0.15) is 5.56 Å². The zero-order valence-corrected chi connectivity index (χ0v) is 17.1. The molecule has 7 heteroatoms. The first-order chi connectivity index (χ1) is 15.5. The highest BCUT2D eigenvalue weighted by atomic mass is 19.2. The molecule has 32 heavy (non-hydrogen) atoms. The number of hydrogen-bond acceptors (Lipinski definition) is 4. The summed E-state index contributed by atoms with van der Waals surface area (Å²) in [7, 11) is 1.83. The van der Waals surface area contributed by atoms with Gasteiger partial charge in [0.15, 0.2) is 17.1 Å². The van der Waals surface area contributed by atoms with Crippen LogP contribution in [-0.4, -0.2) is 14.8 Å². The second-order valence-corrected chi connectivity index (χ2v) is 7.63. The van der Waals surface area contributed by atoms with E-state index in [0.717, 1.165) is 28.6 Å². The van der Waals surface area contributed by atoms with Gasteiger partial charge in [0.1, 0.15) is 0 Å². The van der Waals surface area contributed by atoms with E-state index in [1.165, 1.54) is 6.07 Å². The molecule has 5 nitrogen and oxygen atoms in total. The van der Waals surface area contributed by atoms with Gasteiger partial charge in [-0.3, -0.25) is 14.5 Å². The number of aromatic nitrogens is 3. The van der Waals surface area contributed by atoms with Crippen molar-refractivity contribution in [2.45, 2.75) is 6.54 Å². The highest BCUT2D eigenvalue weighted by Crippen LogP contribution is 2.23. The van der Waals surface area contributed by atoms with Crippen molar-refractivity contribution >= 4 is 27.4 Å². The molecule has 0 amide bonds. The molecule has 3 aromatic carbocycles. The lowest BCUT2D eigenvalue weighted by Crippen LogP contribution is -2.03. The molecule has 2 heterocycles. The van der Waals surface area contributed by atoms with Crippen LogP contribution >= 0.6 is 0 Å². The van der Waals surface area contributed by atoms with Crippen molar-refractivity contribution in [2.75, 3.05) is 5.32 Å². The number of fused-ring (bicyclic) bond motifs is 2. The number of nitrogens with one attached hydrogen (secondary N) is 1. The first kappa shape index (κ1) is 19.8. The summed E-state index contributed by atoms with van der Waals surface area (Å²) in [5.41, 5.74) is 3.47. The Morgan fingerprint density at radius 2 is 1.75 bits per heavy atom. The Labute approximate surface area is 182 Å². The fraction of sp³-hybridized carbons (Fsp3) is 0.0800. The molecular formula is C25H18F2N4O. The molecule has 0 atom stereocenters. The van der Waals surface area contributed by atoms with Gasteiger partial charge in [0.25, 0.3) is 0 Å². The molecule has 0 aliphatic carbocycles. The largest absolute Gasteiger partial charge is 0.381 e. The molecule has 0 aliphatic rings. The van der Waals surface area contributed by atoms with Crippen LogP contribution in [0.3, 0.4) is 0 Å². The molecule has 0 unspecified atom stereocenters. The number of rotatable bonds is 4. The van der Waals surface area contributed by atoms with Gasteiger partial charge in [0, 0.05) is 53.6 Å². The van der Waals surface area contributed by atoms with Crippen LogP contribution < -0.4 is 10.7 Å². The Balaban J connectivity index is 1.56. The molecule has 5 rings (SSSR count). The molecule has 2 aromatic heterocycles. The highest BCUT2D eigenvalue weighted by Gasteiger charge is 2.09. The van der Waals surface area contributed by atoms with Gasteiger partial charge in [-0.25, -0.2) is 8.78 Å². The molecule has 5 aromatic rings. The summed E-state index contributed by atoms with van der Waals surface area (Å²) in [6, 6.07) is 14.8. The molecule has 0 spiro atoms. The Hall–Kier alpha value is -4.13. The highest BCUT2D eigenvalue weighted by molar-refractivity contribution is 5.94. The van der Waals surface area contributed by atoms with E-state index in [1.807, 2.05) is 43.6 Å². The summed E-state index contributed by atoms with van der Waals surface area (Å²) in [6.07, 6.45) is 5.33. The monoisotopic (exact) mass is 428 g/mol. The lowest BCUT2D eigenvalue weighted by Gasteiger charge is -2.07. The minimum Gasteiger partial charge on any atom is -0.381 e. The summed E-state index contributed by atoms with van der Waals surface area (Å²) >= 11 is 0. The Bertz CT molecular complexity index is 1550. The topological polar surface area (TPSA) is 59.8 Å². The van der Waals surface area contributed by atoms with Gasteiger partial charge in [0.05, 0.1) is 11.7 Å². The Kier molecular flexibility index (Phi) is 4.86. The van der Waals surface area contributed by atoms with Crippen LogP contribution in [0.15, 0.2) is 78.0 Å². The predicted molar refractivity (Wildman–Crippen MR) is 121 cm³/mol. The minimum absolute atomic E-state index is 0.130. The van der Waals surface area contributed by atoms with Crippen molar-refractivity contribution in [3.8, 4) is 11.1 Å². The number of aryl methyl sites for hydroxylation is 1. The molecular weight excluding hydrogens is 410 g/mol. The van der Waals surface area contributed by atoms with E-state index in [0.29, 0.717) is 34.1 Å². The molecule has 0 saturated heterocycles. The van der Waals surface area contributed by atoms with Crippen molar-refractivity contribution in [1.82, 2.24) is 14.8 Å². The zero-order chi connectivity index (χ0) is 22.2. The predicted octanol–water partition coefficient (Wildman–Crippen LogP) is 5.04. The van der Waals surface area contributed by atoms with Crippen LogP contribution in [0.25, 0.3) is 32.8 Å². The molecule has 0 radical (unpaired) electrons. The number of benzene rings is 2. The summed E-state index contributed by atoms with van der Waals surface area (Å²) in [6.45, 7) is 0.295. The second-order valence-electron chi connectivity index (χ2n) is 7.63. The molecule has 1 N–H and O–H groups in total. The molecule has 0 saturated carbocycles. The van der Waals surface area contributed by atoms with E-state index in [4.69, 9.17) is 0 Å². The van der Waals surface area contributed by atoms with Crippen molar-refractivity contribution in [3.05, 3.63) is 101 Å². The number of pyridine rings is 1. The van der Waals surface area contributed by atoms with Gasteiger partial charge in [-0.1, -0.05) is 18.2 Å². The standard InChI is InChI=1S/C25H18F2N4O/c1-31-14-18(13-30-31)17-9-21-24(29-12-17)7-4-16-3-5-19(10-20(16)25(21)32)28-11-15-2-6-22(26)23(27)8-15/h2-10,12-14,28H,11H2,1H3. The Morgan fingerprint density at radius 1 is 0.906 bits per heavy atom. The second kappa shape index (κ2) is 7.85. The van der Waals surface area contributed by atoms with E-state index in [9.17, 15) is 13.6 Å². The first-order valence-corrected chi connectivity index (χ1v) is 10.0.